The molecule has 4 nitrogen and oxygen atoms in total. The number of hydrogen-bond donors (Lipinski definition) is 0. The Morgan fingerprint density at radius 2 is 1.52 bits per heavy atom. The molecule has 154 valence electrons. The normalized spacial score (nSPS) is 33.7. The number of hydrogen-bond acceptors (Lipinski definition) is 4. The zero-order chi connectivity index (χ0) is 20.2. The van der Waals surface area contributed by atoms with E-state index in [1.165, 1.54) is 0 Å². The SMILES string of the molecule is C=C[C@H]1C[C@@H]([C@@H](C)[C@H]2O[C@@H](c3ccccc3)OC[C@@H]2C)O[C@@H](c2ccccc2)O1. The fourth-order valence-corrected chi connectivity index (χ4v) is 4.24. The molecule has 2 aromatic rings. The molecule has 0 radical (unpaired) electrons. The highest BCUT2D eigenvalue weighted by Crippen LogP contribution is 2.39. The van der Waals surface area contributed by atoms with Gasteiger partial charge in [-0.3, -0.25) is 0 Å². The van der Waals surface area contributed by atoms with Gasteiger partial charge in [-0.25, -0.2) is 0 Å². The minimum absolute atomic E-state index is 0.0129. The van der Waals surface area contributed by atoms with E-state index in [2.05, 4.69) is 20.4 Å². The van der Waals surface area contributed by atoms with E-state index in [-0.39, 0.29) is 42.7 Å². The van der Waals surface area contributed by atoms with Crippen LogP contribution in [0.5, 0.6) is 0 Å². The number of ether oxygens (including phenoxy) is 4. The zero-order valence-corrected chi connectivity index (χ0v) is 17.1. The van der Waals surface area contributed by atoms with E-state index in [0.29, 0.717) is 6.61 Å². The standard InChI is InChI=1S/C25H30O4/c1-4-21-15-22(28-25(27-21)20-13-9-6-10-14-20)18(3)23-17(2)16-26-24(29-23)19-11-7-5-8-12-19/h4-14,17-18,21-25H,1,15-16H2,2-3H3/t17-,18+,21-,22-,23-,24-,25-/m0/s1. The highest BCUT2D eigenvalue weighted by molar-refractivity contribution is 5.17. The smallest absolute Gasteiger partial charge is 0.184 e. The van der Waals surface area contributed by atoms with Crippen molar-refractivity contribution in [3.63, 3.8) is 0 Å². The lowest BCUT2D eigenvalue weighted by atomic mass is 9.86. The molecule has 2 heterocycles. The first-order chi connectivity index (χ1) is 14.2. The summed E-state index contributed by atoms with van der Waals surface area (Å²) in [5, 5.41) is 0. The molecular formula is C25H30O4. The van der Waals surface area contributed by atoms with Crippen LogP contribution in [0, 0.1) is 11.8 Å². The van der Waals surface area contributed by atoms with E-state index in [4.69, 9.17) is 18.9 Å². The summed E-state index contributed by atoms with van der Waals surface area (Å²) in [7, 11) is 0. The molecule has 0 saturated carbocycles. The topological polar surface area (TPSA) is 36.9 Å². The minimum Gasteiger partial charge on any atom is -0.348 e. The van der Waals surface area contributed by atoms with Gasteiger partial charge in [0.2, 0.25) is 0 Å². The predicted molar refractivity (Wildman–Crippen MR) is 112 cm³/mol. The lowest BCUT2D eigenvalue weighted by molar-refractivity contribution is -0.286. The highest BCUT2D eigenvalue weighted by Gasteiger charge is 2.41. The second kappa shape index (κ2) is 9.23. The Morgan fingerprint density at radius 1 is 0.897 bits per heavy atom. The summed E-state index contributed by atoms with van der Waals surface area (Å²) in [5.74, 6) is 0.478. The van der Waals surface area contributed by atoms with Crippen LogP contribution in [-0.4, -0.2) is 24.9 Å². The van der Waals surface area contributed by atoms with Crippen molar-refractivity contribution in [2.75, 3.05) is 6.61 Å². The second-order valence-corrected chi connectivity index (χ2v) is 8.08. The summed E-state index contributed by atoms with van der Waals surface area (Å²) in [5.41, 5.74) is 2.08. The van der Waals surface area contributed by atoms with Crippen molar-refractivity contribution in [2.24, 2.45) is 11.8 Å². The Balaban J connectivity index is 1.50. The molecule has 0 aromatic heterocycles. The molecule has 4 heteroatoms. The van der Waals surface area contributed by atoms with E-state index in [1.807, 2.05) is 66.7 Å². The van der Waals surface area contributed by atoms with Gasteiger partial charge in [0.15, 0.2) is 12.6 Å². The lowest BCUT2D eigenvalue weighted by Gasteiger charge is -2.44. The quantitative estimate of drug-likeness (QED) is 0.634. The van der Waals surface area contributed by atoms with Crippen LogP contribution in [-0.2, 0) is 18.9 Å². The van der Waals surface area contributed by atoms with E-state index >= 15 is 0 Å². The van der Waals surface area contributed by atoms with Crippen molar-refractivity contribution in [2.45, 2.75) is 51.2 Å². The molecule has 2 aliphatic rings. The first-order valence-corrected chi connectivity index (χ1v) is 10.5. The van der Waals surface area contributed by atoms with Crippen molar-refractivity contribution >= 4 is 0 Å². The van der Waals surface area contributed by atoms with Gasteiger partial charge < -0.3 is 18.9 Å². The summed E-state index contributed by atoms with van der Waals surface area (Å²) in [6, 6.07) is 20.2. The van der Waals surface area contributed by atoms with E-state index in [9.17, 15) is 0 Å². The third-order valence-electron chi connectivity index (χ3n) is 5.92. The van der Waals surface area contributed by atoms with Gasteiger partial charge in [-0.2, -0.15) is 0 Å². The Kier molecular flexibility index (Phi) is 6.46. The average molecular weight is 395 g/mol. The van der Waals surface area contributed by atoms with Crippen molar-refractivity contribution in [3.05, 3.63) is 84.4 Å². The molecule has 7 atom stereocenters. The van der Waals surface area contributed by atoms with Crippen LogP contribution in [0.4, 0.5) is 0 Å². The predicted octanol–water partition coefficient (Wildman–Crippen LogP) is 5.43. The van der Waals surface area contributed by atoms with Gasteiger partial charge in [-0.15, -0.1) is 6.58 Å². The van der Waals surface area contributed by atoms with Crippen molar-refractivity contribution in [3.8, 4) is 0 Å². The van der Waals surface area contributed by atoms with Gasteiger partial charge in [0.1, 0.15) is 0 Å². The zero-order valence-electron chi connectivity index (χ0n) is 17.1. The molecule has 2 aromatic carbocycles. The third kappa shape index (κ3) is 4.62. The fraction of sp³-hybridized carbons (Fsp3) is 0.440. The summed E-state index contributed by atoms with van der Waals surface area (Å²) in [4.78, 5) is 0. The number of benzene rings is 2. The van der Waals surface area contributed by atoms with Gasteiger partial charge in [-0.05, 0) is 0 Å². The Hall–Kier alpha value is -1.98. The Bertz CT molecular complexity index is 778. The molecule has 0 N–H and O–H groups in total. The largest absolute Gasteiger partial charge is 0.348 e. The van der Waals surface area contributed by atoms with Crippen LogP contribution < -0.4 is 0 Å². The van der Waals surface area contributed by atoms with E-state index in [1.54, 1.807) is 0 Å². The van der Waals surface area contributed by atoms with E-state index in [0.717, 1.165) is 17.5 Å². The summed E-state index contributed by atoms with van der Waals surface area (Å²) >= 11 is 0. The Morgan fingerprint density at radius 3 is 2.14 bits per heavy atom. The van der Waals surface area contributed by atoms with Gasteiger partial charge >= 0.3 is 0 Å². The first-order valence-electron chi connectivity index (χ1n) is 10.5. The molecule has 2 fully saturated rings. The minimum atomic E-state index is -0.388. The van der Waals surface area contributed by atoms with Crippen molar-refractivity contribution in [1.82, 2.24) is 0 Å². The maximum Gasteiger partial charge on any atom is 0.184 e. The maximum atomic E-state index is 6.44. The van der Waals surface area contributed by atoms with Crippen LogP contribution in [0.25, 0.3) is 0 Å². The molecular weight excluding hydrogens is 364 g/mol. The molecule has 0 unspecified atom stereocenters. The van der Waals surface area contributed by atoms with Gasteiger partial charge in [0, 0.05) is 29.4 Å². The van der Waals surface area contributed by atoms with E-state index < -0.39 is 0 Å². The fourth-order valence-electron chi connectivity index (χ4n) is 4.24. The summed E-state index contributed by atoms with van der Waals surface area (Å²) in [6.45, 7) is 9.02. The van der Waals surface area contributed by atoms with Crippen molar-refractivity contribution in [1.29, 1.82) is 0 Å². The molecule has 29 heavy (non-hydrogen) atoms. The monoisotopic (exact) mass is 394 g/mol. The molecule has 2 saturated heterocycles. The summed E-state index contributed by atoms with van der Waals surface area (Å²) in [6.07, 6.45) is 1.94. The van der Waals surface area contributed by atoms with Crippen LogP contribution in [0.3, 0.4) is 0 Å². The van der Waals surface area contributed by atoms with Gasteiger partial charge in [-0.1, -0.05) is 80.6 Å². The van der Waals surface area contributed by atoms with Crippen LogP contribution >= 0.6 is 0 Å². The second-order valence-electron chi connectivity index (χ2n) is 8.08. The number of rotatable bonds is 5. The highest BCUT2D eigenvalue weighted by atomic mass is 16.7. The van der Waals surface area contributed by atoms with Crippen LogP contribution in [0.15, 0.2) is 73.3 Å². The summed E-state index contributed by atoms with van der Waals surface area (Å²) < 4.78 is 24.9. The third-order valence-corrected chi connectivity index (χ3v) is 5.92. The molecule has 4 rings (SSSR count). The Labute approximate surface area is 173 Å². The first kappa shape index (κ1) is 20.3. The molecule has 0 spiro atoms. The average Bonchev–Trinajstić information content (AvgIpc) is 2.79. The van der Waals surface area contributed by atoms with Crippen LogP contribution in [0.1, 0.15) is 44.0 Å². The van der Waals surface area contributed by atoms with Gasteiger partial charge in [0.25, 0.3) is 0 Å². The van der Waals surface area contributed by atoms with Crippen LogP contribution in [0.2, 0.25) is 0 Å². The maximum absolute atomic E-state index is 6.44. The van der Waals surface area contributed by atoms with Crippen molar-refractivity contribution < 1.29 is 18.9 Å². The molecule has 0 amide bonds. The van der Waals surface area contributed by atoms with Gasteiger partial charge in [0.05, 0.1) is 24.9 Å². The lowest BCUT2D eigenvalue weighted by Crippen LogP contribution is -2.46. The molecule has 0 bridgehead atoms. The molecule has 2 aliphatic heterocycles. The molecule has 0 aliphatic carbocycles.